The molecule has 1 aromatic carbocycles. The summed E-state index contributed by atoms with van der Waals surface area (Å²) in [7, 11) is 1.63. The van der Waals surface area contributed by atoms with Gasteiger partial charge in [0, 0.05) is 42.8 Å². The number of carbonyl (C=O) groups excluding carboxylic acids is 2. The minimum Gasteiger partial charge on any atom is -0.472 e. The second kappa shape index (κ2) is 11.3. The lowest BCUT2D eigenvalue weighted by molar-refractivity contribution is 0.0313. The highest BCUT2D eigenvalue weighted by Crippen LogP contribution is 2.27. The normalized spacial score (nSPS) is 18.5. The minimum absolute atomic E-state index is 0.156. The predicted molar refractivity (Wildman–Crippen MR) is 130 cm³/mol. The summed E-state index contributed by atoms with van der Waals surface area (Å²) < 4.78 is 19.8. The van der Waals surface area contributed by atoms with Crippen molar-refractivity contribution >= 4 is 11.8 Å². The van der Waals surface area contributed by atoms with Crippen LogP contribution >= 0.6 is 0 Å². The molecule has 3 atom stereocenters. The van der Waals surface area contributed by atoms with Gasteiger partial charge < -0.3 is 19.6 Å². The second-order valence-electron chi connectivity index (χ2n) is 9.32. The molecular formula is C27H32FN3O4. The first-order chi connectivity index (χ1) is 16.6. The SMILES string of the molecule is CC(C)C#Cc1cnc2c(c1)C(=O)N([C@H](C)CO)C[C@@H](C)[C@@H](CN(C)C(=O)c1cccc(F)c1)O2. The minimum atomic E-state index is -0.502. The Kier molecular flexibility index (Phi) is 8.47. The number of amides is 2. The number of hydrogen-bond acceptors (Lipinski definition) is 5. The molecule has 2 aromatic rings. The lowest BCUT2D eigenvalue weighted by atomic mass is 9.99. The number of benzene rings is 1. The molecule has 0 spiro atoms. The summed E-state index contributed by atoms with van der Waals surface area (Å²) in [4.78, 5) is 33.8. The predicted octanol–water partition coefficient (Wildman–Crippen LogP) is 3.22. The van der Waals surface area contributed by atoms with Crippen LogP contribution in [-0.4, -0.2) is 70.6 Å². The number of rotatable bonds is 5. The van der Waals surface area contributed by atoms with Crippen molar-refractivity contribution in [3.63, 3.8) is 0 Å². The Morgan fingerprint density at radius 3 is 2.74 bits per heavy atom. The van der Waals surface area contributed by atoms with Crippen LogP contribution in [0.1, 0.15) is 54.0 Å². The number of carbonyl (C=O) groups is 2. The first kappa shape index (κ1) is 26.2. The van der Waals surface area contributed by atoms with Crippen molar-refractivity contribution in [3.05, 3.63) is 59.0 Å². The molecule has 1 aromatic heterocycles. The van der Waals surface area contributed by atoms with Crippen LogP contribution in [0, 0.1) is 29.5 Å². The number of aliphatic hydroxyl groups excluding tert-OH is 1. The molecule has 0 bridgehead atoms. The molecule has 2 heterocycles. The summed E-state index contributed by atoms with van der Waals surface area (Å²) in [6.45, 7) is 7.95. The molecule has 1 N–H and O–H groups in total. The number of fused-ring (bicyclic) bond motifs is 1. The molecule has 35 heavy (non-hydrogen) atoms. The lowest BCUT2D eigenvalue weighted by Crippen LogP contribution is -2.50. The molecule has 0 radical (unpaired) electrons. The van der Waals surface area contributed by atoms with E-state index < -0.39 is 18.0 Å². The number of aromatic nitrogens is 1. The number of nitrogens with zero attached hydrogens (tertiary/aromatic N) is 3. The standard InChI is InChI=1S/C27H32FN3O4/c1-17(2)9-10-20-11-23-25(29-13-20)35-24(18(3)14-31(27(23)34)19(4)16-32)15-30(5)26(33)21-7-6-8-22(28)12-21/h6-8,11-13,17-19,24,32H,14-16H2,1-5H3/t18-,19-,24-/m1/s1. The van der Waals surface area contributed by atoms with Gasteiger partial charge >= 0.3 is 0 Å². The fourth-order valence-corrected chi connectivity index (χ4v) is 3.81. The summed E-state index contributed by atoms with van der Waals surface area (Å²) in [5, 5.41) is 9.79. The zero-order chi connectivity index (χ0) is 25.7. The topological polar surface area (TPSA) is 83.0 Å². The molecule has 1 aliphatic heterocycles. The summed E-state index contributed by atoms with van der Waals surface area (Å²) in [5.41, 5.74) is 1.09. The van der Waals surface area contributed by atoms with Gasteiger partial charge in [-0.3, -0.25) is 9.59 Å². The van der Waals surface area contributed by atoms with E-state index in [2.05, 4.69) is 16.8 Å². The van der Waals surface area contributed by atoms with E-state index in [0.29, 0.717) is 12.1 Å². The van der Waals surface area contributed by atoms with Gasteiger partial charge in [0.2, 0.25) is 5.88 Å². The van der Waals surface area contributed by atoms with Crippen LogP contribution in [0.5, 0.6) is 5.88 Å². The number of halogens is 1. The van der Waals surface area contributed by atoms with Crippen LogP contribution < -0.4 is 4.74 Å². The second-order valence-corrected chi connectivity index (χ2v) is 9.32. The Bertz CT molecular complexity index is 1140. The highest BCUT2D eigenvalue weighted by Gasteiger charge is 2.34. The van der Waals surface area contributed by atoms with Gasteiger partial charge in [0.05, 0.1) is 19.2 Å². The van der Waals surface area contributed by atoms with Gasteiger partial charge in [0.15, 0.2) is 0 Å². The molecule has 0 saturated heterocycles. The Morgan fingerprint density at radius 1 is 1.34 bits per heavy atom. The van der Waals surface area contributed by atoms with Crippen molar-refractivity contribution in [1.29, 1.82) is 0 Å². The van der Waals surface area contributed by atoms with Crippen molar-refractivity contribution in [2.24, 2.45) is 11.8 Å². The van der Waals surface area contributed by atoms with E-state index in [0.717, 1.165) is 0 Å². The van der Waals surface area contributed by atoms with Crippen LogP contribution in [0.15, 0.2) is 36.5 Å². The lowest BCUT2D eigenvalue weighted by Gasteiger charge is -2.37. The number of likely N-dealkylation sites (N-methyl/N-ethyl adjacent to an activating group) is 1. The fraction of sp³-hybridized carbons (Fsp3) is 0.444. The highest BCUT2D eigenvalue weighted by molar-refractivity contribution is 5.97. The summed E-state index contributed by atoms with van der Waals surface area (Å²) >= 11 is 0. The monoisotopic (exact) mass is 481 g/mol. The average Bonchev–Trinajstić information content (AvgIpc) is 2.83. The maximum atomic E-state index is 13.6. The molecule has 0 saturated carbocycles. The number of pyridine rings is 1. The van der Waals surface area contributed by atoms with E-state index in [1.165, 1.54) is 23.1 Å². The van der Waals surface area contributed by atoms with Crippen molar-refractivity contribution in [2.45, 2.75) is 39.8 Å². The first-order valence-corrected chi connectivity index (χ1v) is 11.7. The first-order valence-electron chi connectivity index (χ1n) is 11.7. The van der Waals surface area contributed by atoms with Gasteiger partial charge in [-0.25, -0.2) is 9.37 Å². The largest absolute Gasteiger partial charge is 0.472 e. The molecule has 1 aliphatic rings. The molecule has 8 heteroatoms. The van der Waals surface area contributed by atoms with E-state index in [1.807, 2.05) is 20.8 Å². The average molecular weight is 482 g/mol. The van der Waals surface area contributed by atoms with Crippen molar-refractivity contribution < 1.29 is 23.8 Å². The van der Waals surface area contributed by atoms with Crippen molar-refractivity contribution in [1.82, 2.24) is 14.8 Å². The van der Waals surface area contributed by atoms with E-state index in [-0.39, 0.29) is 53.8 Å². The summed E-state index contributed by atoms with van der Waals surface area (Å²) in [6, 6.07) is 6.77. The van der Waals surface area contributed by atoms with Crippen LogP contribution in [0.2, 0.25) is 0 Å². The molecule has 0 aliphatic carbocycles. The molecule has 0 fully saturated rings. The van der Waals surface area contributed by atoms with Crippen LogP contribution in [0.4, 0.5) is 4.39 Å². The van der Waals surface area contributed by atoms with Crippen LogP contribution in [-0.2, 0) is 0 Å². The van der Waals surface area contributed by atoms with E-state index in [1.54, 1.807) is 37.2 Å². The van der Waals surface area contributed by atoms with Gasteiger partial charge in [-0.05, 0) is 31.2 Å². The van der Waals surface area contributed by atoms with Crippen molar-refractivity contribution in [2.75, 3.05) is 26.7 Å². The quantitative estimate of drug-likeness (QED) is 0.663. The zero-order valence-corrected chi connectivity index (χ0v) is 20.8. The Morgan fingerprint density at radius 2 is 2.09 bits per heavy atom. The van der Waals surface area contributed by atoms with E-state index >= 15 is 0 Å². The molecule has 2 amide bonds. The highest BCUT2D eigenvalue weighted by atomic mass is 19.1. The van der Waals surface area contributed by atoms with Gasteiger partial charge in [-0.1, -0.05) is 38.7 Å². The van der Waals surface area contributed by atoms with Gasteiger partial charge in [-0.15, -0.1) is 0 Å². The zero-order valence-electron chi connectivity index (χ0n) is 20.8. The Hall–Kier alpha value is -3.44. The third kappa shape index (κ3) is 6.37. The van der Waals surface area contributed by atoms with Crippen LogP contribution in [0.25, 0.3) is 0 Å². The van der Waals surface area contributed by atoms with Gasteiger partial charge in [0.1, 0.15) is 17.5 Å². The number of aliphatic hydroxyl groups is 1. The number of hydrogen-bond donors (Lipinski definition) is 1. The molecular weight excluding hydrogens is 449 g/mol. The maximum Gasteiger partial charge on any atom is 0.259 e. The fourth-order valence-electron chi connectivity index (χ4n) is 3.81. The molecule has 186 valence electrons. The maximum absolute atomic E-state index is 13.6. The Balaban J connectivity index is 1.95. The van der Waals surface area contributed by atoms with Gasteiger partial charge in [-0.2, -0.15) is 0 Å². The number of ether oxygens (including phenoxy) is 1. The van der Waals surface area contributed by atoms with Crippen molar-refractivity contribution in [3.8, 4) is 17.7 Å². The summed E-state index contributed by atoms with van der Waals surface area (Å²) in [5.74, 6) is 5.10. The third-order valence-corrected chi connectivity index (χ3v) is 5.90. The molecule has 7 nitrogen and oxygen atoms in total. The Labute approximate surface area is 205 Å². The molecule has 3 rings (SSSR count). The summed E-state index contributed by atoms with van der Waals surface area (Å²) in [6.07, 6.45) is 1.06. The van der Waals surface area contributed by atoms with E-state index in [9.17, 15) is 19.1 Å². The molecule has 0 unspecified atom stereocenters. The third-order valence-electron chi connectivity index (χ3n) is 5.90. The van der Waals surface area contributed by atoms with Gasteiger partial charge in [0.25, 0.3) is 11.8 Å². The van der Waals surface area contributed by atoms with E-state index in [4.69, 9.17) is 4.74 Å². The smallest absolute Gasteiger partial charge is 0.259 e. The van der Waals surface area contributed by atoms with Crippen LogP contribution in [0.3, 0.4) is 0 Å².